The van der Waals surface area contributed by atoms with Gasteiger partial charge in [0.15, 0.2) is 5.78 Å². The molecule has 1 amide bonds. The molecule has 0 fully saturated rings. The number of ether oxygens (including phenoxy) is 1. The first-order valence-electron chi connectivity index (χ1n) is 17.5. The maximum Gasteiger partial charge on any atom is 0.240 e. The van der Waals surface area contributed by atoms with Crippen LogP contribution in [0.5, 0.6) is 5.75 Å². The number of aliphatic hydroxyl groups is 3. The second kappa shape index (κ2) is 20.2. The first kappa shape index (κ1) is 39.9. The van der Waals surface area contributed by atoms with E-state index >= 15 is 0 Å². The van der Waals surface area contributed by atoms with Crippen LogP contribution in [-0.4, -0.2) is 76.4 Å². The minimum atomic E-state index is -1.16. The molecule has 0 bridgehead atoms. The van der Waals surface area contributed by atoms with E-state index in [1.54, 1.807) is 33.3 Å². The number of Topliss-reactive ketones (excluding diaryl/α,β-unsaturated/α-hetero) is 1. The van der Waals surface area contributed by atoms with Gasteiger partial charge in [0, 0.05) is 7.05 Å². The van der Waals surface area contributed by atoms with Crippen molar-refractivity contribution in [3.63, 3.8) is 0 Å². The molecule has 0 aliphatic heterocycles. The van der Waals surface area contributed by atoms with E-state index < -0.39 is 30.4 Å². The molecule has 0 saturated carbocycles. The SMILES string of the molecule is CN[C@@H](CC(C)C)C(=O)N(C)[C@@H](CC(C)CCC(C)O)C(=O)[C](CC(O)Cc1ccc(OCc2ccco2)cc1)C(O)Cc1ccccc1. The van der Waals surface area contributed by atoms with Crippen molar-refractivity contribution in [1.82, 2.24) is 10.2 Å². The molecule has 6 atom stereocenters. The van der Waals surface area contributed by atoms with Crippen LogP contribution in [0.15, 0.2) is 77.4 Å². The van der Waals surface area contributed by atoms with Gasteiger partial charge < -0.3 is 34.7 Å². The highest BCUT2D eigenvalue weighted by Gasteiger charge is 2.39. The monoisotopic (exact) mass is 677 g/mol. The number of benzene rings is 2. The van der Waals surface area contributed by atoms with E-state index in [9.17, 15) is 24.9 Å². The van der Waals surface area contributed by atoms with Crippen LogP contribution in [0.3, 0.4) is 0 Å². The number of carbonyl (C=O) groups excluding carboxylic acids is 2. The van der Waals surface area contributed by atoms with Gasteiger partial charge in [0.05, 0.1) is 42.6 Å². The van der Waals surface area contributed by atoms with Crippen LogP contribution >= 0.6 is 0 Å². The lowest BCUT2D eigenvalue weighted by molar-refractivity contribution is -0.140. The first-order valence-corrected chi connectivity index (χ1v) is 17.5. The lowest BCUT2D eigenvalue weighted by Crippen LogP contribution is -2.53. The van der Waals surface area contributed by atoms with E-state index in [-0.39, 0.29) is 48.7 Å². The van der Waals surface area contributed by atoms with Gasteiger partial charge in [0.1, 0.15) is 18.1 Å². The normalized spacial score (nSPS) is 15.4. The molecule has 4 unspecified atom stereocenters. The molecule has 9 heteroatoms. The first-order chi connectivity index (χ1) is 23.4. The van der Waals surface area contributed by atoms with Crippen LogP contribution < -0.4 is 10.1 Å². The maximum absolute atomic E-state index is 14.6. The zero-order valence-corrected chi connectivity index (χ0v) is 30.0. The molecule has 0 aliphatic rings. The van der Waals surface area contributed by atoms with Crippen LogP contribution in [0.1, 0.15) is 76.7 Å². The molecule has 2 aromatic carbocycles. The van der Waals surface area contributed by atoms with Gasteiger partial charge in [-0.2, -0.15) is 0 Å². The second-order valence-corrected chi connectivity index (χ2v) is 13.9. The zero-order chi connectivity index (χ0) is 35.9. The molecule has 0 spiro atoms. The summed E-state index contributed by atoms with van der Waals surface area (Å²) in [4.78, 5) is 30.0. The number of nitrogens with one attached hydrogen (secondary N) is 1. The number of nitrogens with zero attached hydrogens (tertiary/aromatic N) is 1. The molecule has 4 N–H and O–H groups in total. The van der Waals surface area contributed by atoms with Crippen molar-refractivity contribution in [3.8, 4) is 5.75 Å². The van der Waals surface area contributed by atoms with Crippen molar-refractivity contribution in [3.05, 3.63) is 95.8 Å². The smallest absolute Gasteiger partial charge is 0.240 e. The van der Waals surface area contributed by atoms with Crippen molar-refractivity contribution < 1.29 is 34.1 Å². The fourth-order valence-electron chi connectivity index (χ4n) is 6.12. The Kier molecular flexibility index (Phi) is 16.5. The Bertz CT molecular complexity index is 1360. The Morgan fingerprint density at radius 2 is 1.53 bits per heavy atom. The molecule has 0 aliphatic carbocycles. The van der Waals surface area contributed by atoms with Crippen LogP contribution in [0.25, 0.3) is 0 Å². The molecule has 3 rings (SSSR count). The molecular formula is C40H57N2O7. The van der Waals surface area contributed by atoms with Crippen LogP contribution in [-0.2, 0) is 29.0 Å². The maximum atomic E-state index is 14.6. The van der Waals surface area contributed by atoms with Crippen LogP contribution in [0, 0.1) is 17.8 Å². The number of furan rings is 1. The molecular weight excluding hydrogens is 620 g/mol. The lowest BCUT2D eigenvalue weighted by atomic mass is 9.81. The third-order valence-electron chi connectivity index (χ3n) is 8.98. The molecule has 9 nitrogen and oxygen atoms in total. The summed E-state index contributed by atoms with van der Waals surface area (Å²) in [5, 5.41) is 36.0. The average molecular weight is 678 g/mol. The Hall–Kier alpha value is -3.50. The van der Waals surface area contributed by atoms with E-state index in [1.165, 1.54) is 4.90 Å². The Balaban J connectivity index is 1.85. The van der Waals surface area contributed by atoms with Crippen LogP contribution in [0.2, 0.25) is 0 Å². The van der Waals surface area contributed by atoms with E-state index in [2.05, 4.69) is 5.32 Å². The molecule has 49 heavy (non-hydrogen) atoms. The van der Waals surface area contributed by atoms with E-state index in [1.807, 2.05) is 81.4 Å². The van der Waals surface area contributed by atoms with Gasteiger partial charge in [-0.05, 0) is 106 Å². The summed E-state index contributed by atoms with van der Waals surface area (Å²) in [5.41, 5.74) is 1.71. The third kappa shape index (κ3) is 13.4. The Morgan fingerprint density at radius 1 is 0.857 bits per heavy atom. The van der Waals surface area contributed by atoms with E-state index in [0.717, 1.165) is 11.1 Å². The van der Waals surface area contributed by atoms with Gasteiger partial charge in [-0.25, -0.2) is 0 Å². The highest BCUT2D eigenvalue weighted by Crippen LogP contribution is 2.28. The number of aliphatic hydroxyl groups excluding tert-OH is 3. The predicted octanol–water partition coefficient (Wildman–Crippen LogP) is 5.55. The number of carbonyl (C=O) groups is 2. The van der Waals surface area contributed by atoms with Gasteiger partial charge in [-0.15, -0.1) is 0 Å². The molecule has 3 aromatic rings. The summed E-state index contributed by atoms with van der Waals surface area (Å²) in [6.07, 6.45) is 1.64. The van der Waals surface area contributed by atoms with Gasteiger partial charge in [-0.1, -0.05) is 63.2 Å². The van der Waals surface area contributed by atoms with Crippen molar-refractivity contribution in [2.75, 3.05) is 14.1 Å². The molecule has 269 valence electrons. The predicted molar refractivity (Wildman–Crippen MR) is 192 cm³/mol. The number of rotatable bonds is 22. The summed E-state index contributed by atoms with van der Waals surface area (Å²) in [6, 6.07) is 19.2. The lowest BCUT2D eigenvalue weighted by Gasteiger charge is -2.35. The summed E-state index contributed by atoms with van der Waals surface area (Å²) in [5.74, 6) is 1.32. The minimum Gasteiger partial charge on any atom is -0.486 e. The van der Waals surface area contributed by atoms with Gasteiger partial charge in [-0.3, -0.25) is 9.59 Å². The number of hydrogen-bond donors (Lipinski definition) is 4. The number of amides is 1. The van der Waals surface area contributed by atoms with Crippen molar-refractivity contribution in [2.24, 2.45) is 11.8 Å². The zero-order valence-electron chi connectivity index (χ0n) is 30.0. The van der Waals surface area contributed by atoms with Gasteiger partial charge >= 0.3 is 0 Å². The Morgan fingerprint density at radius 3 is 2.12 bits per heavy atom. The molecule has 0 saturated heterocycles. The van der Waals surface area contributed by atoms with E-state index in [4.69, 9.17) is 9.15 Å². The highest BCUT2D eigenvalue weighted by atomic mass is 16.5. The van der Waals surface area contributed by atoms with Crippen molar-refractivity contribution in [1.29, 1.82) is 0 Å². The summed E-state index contributed by atoms with van der Waals surface area (Å²) in [6.45, 7) is 8.15. The summed E-state index contributed by atoms with van der Waals surface area (Å²) >= 11 is 0. The average Bonchev–Trinajstić information content (AvgIpc) is 3.60. The van der Waals surface area contributed by atoms with E-state index in [0.29, 0.717) is 43.8 Å². The summed E-state index contributed by atoms with van der Waals surface area (Å²) < 4.78 is 11.1. The number of likely N-dealkylation sites (N-methyl/N-ethyl adjacent to an activating group) is 2. The minimum absolute atomic E-state index is 0.0166. The number of hydrogen-bond acceptors (Lipinski definition) is 8. The standard InChI is InChI=1S/C40H57N2O7/c1-27(2)21-36(41-5)40(47)42(6)37(22-28(3)14-15-29(4)43)39(46)35(38(45)24-30-11-8-7-9-12-30)25-32(44)23-31-16-18-33(19-17-31)49-26-34-13-10-20-48-34/h7-13,16-20,27-29,32,36-38,41,43-45H,14-15,21-26H2,1-6H3/t28?,29?,32?,36-,37-,38?/m0/s1. The van der Waals surface area contributed by atoms with Gasteiger partial charge in [0.2, 0.25) is 5.91 Å². The highest BCUT2D eigenvalue weighted by molar-refractivity contribution is 6.00. The molecule has 1 heterocycles. The summed E-state index contributed by atoms with van der Waals surface area (Å²) in [7, 11) is 3.40. The quantitative estimate of drug-likeness (QED) is 0.109. The fraction of sp³-hybridized carbons (Fsp3) is 0.525. The van der Waals surface area contributed by atoms with Crippen molar-refractivity contribution >= 4 is 11.7 Å². The fourth-order valence-corrected chi connectivity index (χ4v) is 6.12. The Labute approximate surface area is 292 Å². The molecule has 1 aromatic heterocycles. The van der Waals surface area contributed by atoms with Crippen molar-refractivity contribution in [2.45, 2.75) is 110 Å². The van der Waals surface area contributed by atoms with Gasteiger partial charge in [0.25, 0.3) is 0 Å². The topological polar surface area (TPSA) is 132 Å². The van der Waals surface area contributed by atoms with Crippen LogP contribution in [0.4, 0.5) is 0 Å². The second-order valence-electron chi connectivity index (χ2n) is 13.9. The number of ketones is 1. The molecule has 1 radical (unpaired) electrons. The largest absolute Gasteiger partial charge is 0.486 e. The third-order valence-corrected chi connectivity index (χ3v) is 8.98.